The molecule has 3 aliphatic carbocycles. The lowest BCUT2D eigenvalue weighted by molar-refractivity contribution is -0.132. The van der Waals surface area contributed by atoms with Gasteiger partial charge in [-0.15, -0.1) is 0 Å². The third kappa shape index (κ3) is 1.53. The summed E-state index contributed by atoms with van der Waals surface area (Å²) in [5.41, 5.74) is 0.240. The molecule has 86 valence electrons. The molecule has 3 atom stereocenters. The van der Waals surface area contributed by atoms with Crippen molar-refractivity contribution in [3.63, 3.8) is 0 Å². The van der Waals surface area contributed by atoms with Crippen molar-refractivity contribution in [2.45, 2.75) is 33.1 Å². The lowest BCUT2D eigenvalue weighted by Crippen LogP contribution is -2.51. The number of nitriles is 1. The van der Waals surface area contributed by atoms with Gasteiger partial charge in [0.1, 0.15) is 11.6 Å². The van der Waals surface area contributed by atoms with Crippen LogP contribution in [0.5, 0.6) is 0 Å². The Morgan fingerprint density at radius 3 is 2.62 bits per heavy atom. The molecule has 3 saturated carbocycles. The van der Waals surface area contributed by atoms with Gasteiger partial charge in [-0.2, -0.15) is 5.26 Å². The minimum atomic E-state index is -1.10. The number of fused-ring (bicyclic) bond motifs is 2. The molecule has 0 aliphatic heterocycles. The van der Waals surface area contributed by atoms with Gasteiger partial charge in [-0.25, -0.2) is 4.79 Å². The maximum absolute atomic E-state index is 10.8. The summed E-state index contributed by atoms with van der Waals surface area (Å²) in [5, 5.41) is 17.6. The standard InChI is InChI=1S/C13H17NO2/c1-13(2)10-4-3-8(11(13)6-10)5-9(7-14)12(15)16/h5,8,10-11H,3-4,6H2,1-2H3,(H,15,16)/b9-5+. The summed E-state index contributed by atoms with van der Waals surface area (Å²) in [6, 6.07) is 1.78. The number of carboxylic acids is 1. The summed E-state index contributed by atoms with van der Waals surface area (Å²) in [7, 11) is 0. The molecule has 0 radical (unpaired) electrons. The fourth-order valence-corrected chi connectivity index (χ4v) is 3.44. The van der Waals surface area contributed by atoms with Crippen LogP contribution in [0.15, 0.2) is 11.6 Å². The highest BCUT2D eigenvalue weighted by Crippen LogP contribution is 2.61. The summed E-state index contributed by atoms with van der Waals surface area (Å²) in [6.07, 6.45) is 5.09. The van der Waals surface area contributed by atoms with Crippen molar-refractivity contribution in [1.29, 1.82) is 5.26 Å². The number of carboxylic acid groups (broad SMARTS) is 1. The quantitative estimate of drug-likeness (QED) is 0.573. The summed E-state index contributed by atoms with van der Waals surface area (Å²) in [6.45, 7) is 4.53. The molecule has 16 heavy (non-hydrogen) atoms. The van der Waals surface area contributed by atoms with Crippen molar-refractivity contribution in [2.24, 2.45) is 23.2 Å². The molecule has 3 nitrogen and oxygen atoms in total. The predicted octanol–water partition coefficient (Wildman–Crippen LogP) is 2.59. The number of rotatable bonds is 2. The fraction of sp³-hybridized carbons (Fsp3) is 0.692. The van der Waals surface area contributed by atoms with E-state index in [9.17, 15) is 4.79 Å². The molecule has 0 aromatic heterocycles. The van der Waals surface area contributed by atoms with Gasteiger partial charge in [-0.05, 0) is 42.4 Å². The second kappa shape index (κ2) is 3.62. The first kappa shape index (κ1) is 11.2. The first-order valence-corrected chi connectivity index (χ1v) is 5.82. The van der Waals surface area contributed by atoms with Gasteiger partial charge >= 0.3 is 5.97 Å². The minimum absolute atomic E-state index is 0.0915. The van der Waals surface area contributed by atoms with Crippen LogP contribution in [0.25, 0.3) is 0 Å². The average molecular weight is 219 g/mol. The molecule has 2 bridgehead atoms. The van der Waals surface area contributed by atoms with E-state index in [1.807, 2.05) is 0 Å². The van der Waals surface area contributed by atoms with Gasteiger partial charge in [-0.1, -0.05) is 19.9 Å². The van der Waals surface area contributed by atoms with Crippen LogP contribution in [0.2, 0.25) is 0 Å². The molecule has 0 amide bonds. The summed E-state index contributed by atoms with van der Waals surface area (Å²) in [4.78, 5) is 10.8. The minimum Gasteiger partial charge on any atom is -0.477 e. The molecule has 3 unspecified atom stereocenters. The van der Waals surface area contributed by atoms with Gasteiger partial charge < -0.3 is 5.11 Å². The van der Waals surface area contributed by atoms with Crippen molar-refractivity contribution < 1.29 is 9.90 Å². The summed E-state index contributed by atoms with van der Waals surface area (Å²) >= 11 is 0. The van der Waals surface area contributed by atoms with E-state index in [-0.39, 0.29) is 11.5 Å². The van der Waals surface area contributed by atoms with Crippen LogP contribution in [0.4, 0.5) is 0 Å². The number of carbonyl (C=O) groups is 1. The van der Waals surface area contributed by atoms with Crippen LogP contribution in [0.1, 0.15) is 33.1 Å². The van der Waals surface area contributed by atoms with Crippen LogP contribution < -0.4 is 0 Å². The Kier molecular flexibility index (Phi) is 2.53. The van der Waals surface area contributed by atoms with E-state index >= 15 is 0 Å². The Bertz CT molecular complexity index is 387. The normalized spacial score (nSPS) is 36.1. The molecular formula is C13H17NO2. The fourth-order valence-electron chi connectivity index (χ4n) is 3.44. The van der Waals surface area contributed by atoms with E-state index in [1.54, 1.807) is 12.1 Å². The summed E-state index contributed by atoms with van der Waals surface area (Å²) < 4.78 is 0. The predicted molar refractivity (Wildman–Crippen MR) is 59.4 cm³/mol. The Hall–Kier alpha value is -1.30. The molecule has 0 aromatic carbocycles. The average Bonchev–Trinajstić information content (AvgIpc) is 2.25. The van der Waals surface area contributed by atoms with Crippen molar-refractivity contribution in [3.8, 4) is 6.07 Å². The molecule has 3 fully saturated rings. The summed E-state index contributed by atoms with van der Waals surface area (Å²) in [5.74, 6) is 0.555. The molecule has 0 heterocycles. The van der Waals surface area contributed by atoms with Gasteiger partial charge in [0.05, 0.1) is 0 Å². The van der Waals surface area contributed by atoms with E-state index in [0.717, 1.165) is 12.3 Å². The monoisotopic (exact) mass is 219 g/mol. The van der Waals surface area contributed by atoms with Crippen LogP contribution in [0.3, 0.4) is 0 Å². The van der Waals surface area contributed by atoms with Gasteiger partial charge in [0, 0.05) is 0 Å². The molecule has 3 rings (SSSR count). The maximum Gasteiger partial charge on any atom is 0.346 e. The first-order chi connectivity index (χ1) is 7.46. The van der Waals surface area contributed by atoms with Crippen LogP contribution in [-0.2, 0) is 4.79 Å². The van der Waals surface area contributed by atoms with E-state index in [4.69, 9.17) is 10.4 Å². The Morgan fingerprint density at radius 1 is 1.50 bits per heavy atom. The van der Waals surface area contributed by atoms with E-state index in [1.165, 1.54) is 12.8 Å². The molecule has 0 aromatic rings. The van der Waals surface area contributed by atoms with Gasteiger partial charge in [-0.3, -0.25) is 0 Å². The second-order valence-electron chi connectivity index (χ2n) is 5.60. The molecular weight excluding hydrogens is 202 g/mol. The van der Waals surface area contributed by atoms with Gasteiger partial charge in [0.2, 0.25) is 0 Å². The van der Waals surface area contributed by atoms with Gasteiger partial charge in [0.25, 0.3) is 0 Å². The van der Waals surface area contributed by atoms with Crippen LogP contribution >= 0.6 is 0 Å². The van der Waals surface area contributed by atoms with Crippen LogP contribution in [0, 0.1) is 34.5 Å². The zero-order chi connectivity index (χ0) is 11.9. The highest BCUT2D eigenvalue weighted by molar-refractivity contribution is 5.91. The largest absolute Gasteiger partial charge is 0.477 e. The highest BCUT2D eigenvalue weighted by Gasteiger charge is 2.53. The van der Waals surface area contributed by atoms with E-state index in [2.05, 4.69) is 13.8 Å². The lowest BCUT2D eigenvalue weighted by Gasteiger charge is -2.59. The number of nitrogens with zero attached hydrogens (tertiary/aromatic N) is 1. The molecule has 1 N–H and O–H groups in total. The molecule has 0 saturated heterocycles. The SMILES string of the molecule is CC1(C)C2CCC(/C=C(\C#N)C(=O)O)C1C2. The van der Waals surface area contributed by atoms with Crippen molar-refractivity contribution in [1.82, 2.24) is 0 Å². The Balaban J connectivity index is 2.18. The number of allylic oxidation sites excluding steroid dienone is 1. The highest BCUT2D eigenvalue weighted by atomic mass is 16.4. The third-order valence-corrected chi connectivity index (χ3v) is 4.64. The maximum atomic E-state index is 10.8. The smallest absolute Gasteiger partial charge is 0.346 e. The van der Waals surface area contributed by atoms with Crippen molar-refractivity contribution in [2.75, 3.05) is 0 Å². The zero-order valence-electron chi connectivity index (χ0n) is 9.73. The molecule has 0 spiro atoms. The van der Waals surface area contributed by atoms with Crippen LogP contribution in [-0.4, -0.2) is 11.1 Å². The third-order valence-electron chi connectivity index (χ3n) is 4.64. The second-order valence-corrected chi connectivity index (χ2v) is 5.60. The van der Waals surface area contributed by atoms with Crippen molar-refractivity contribution in [3.05, 3.63) is 11.6 Å². The lowest BCUT2D eigenvalue weighted by atomic mass is 9.45. The Morgan fingerprint density at radius 2 is 2.19 bits per heavy atom. The molecule has 3 heteroatoms. The number of aliphatic carboxylic acids is 1. The first-order valence-electron chi connectivity index (χ1n) is 5.82. The number of hydrogen-bond donors (Lipinski definition) is 1. The Labute approximate surface area is 95.8 Å². The van der Waals surface area contributed by atoms with E-state index in [0.29, 0.717) is 11.3 Å². The topological polar surface area (TPSA) is 61.1 Å². The van der Waals surface area contributed by atoms with E-state index < -0.39 is 5.97 Å². The van der Waals surface area contributed by atoms with Gasteiger partial charge in [0.15, 0.2) is 0 Å². The van der Waals surface area contributed by atoms with Crippen molar-refractivity contribution >= 4 is 5.97 Å². The molecule has 3 aliphatic rings. The zero-order valence-corrected chi connectivity index (χ0v) is 9.73. The number of hydrogen-bond acceptors (Lipinski definition) is 2.